The molecule has 0 aromatic carbocycles. The summed E-state index contributed by atoms with van der Waals surface area (Å²) in [6, 6.07) is 8.51. The number of thioether (sulfide) groups is 1. The second kappa shape index (κ2) is 8.46. The van der Waals surface area contributed by atoms with Crippen LogP contribution in [-0.4, -0.2) is 33.5 Å². The van der Waals surface area contributed by atoms with Gasteiger partial charge in [-0.25, -0.2) is 0 Å². The van der Waals surface area contributed by atoms with Gasteiger partial charge in [-0.1, -0.05) is 30.0 Å². The van der Waals surface area contributed by atoms with Crippen LogP contribution in [0.3, 0.4) is 0 Å². The third-order valence-corrected chi connectivity index (χ3v) is 7.10. The maximum atomic E-state index is 6.30. The first-order valence-corrected chi connectivity index (χ1v) is 10.1. The van der Waals surface area contributed by atoms with Crippen LogP contribution in [-0.2, 0) is 19.1 Å². The van der Waals surface area contributed by atoms with Crippen LogP contribution in [0.1, 0.15) is 16.2 Å². The molecule has 0 saturated heterocycles. The predicted octanol–water partition coefficient (Wildman–Crippen LogP) is 4.82. The summed E-state index contributed by atoms with van der Waals surface area (Å²) in [5.74, 6) is 0. The summed E-state index contributed by atoms with van der Waals surface area (Å²) in [6.07, 6.45) is 3.19. The van der Waals surface area contributed by atoms with E-state index in [0.717, 1.165) is 6.42 Å². The molecule has 3 rings (SSSR count). The second-order valence-corrected chi connectivity index (χ2v) is 8.23. The van der Waals surface area contributed by atoms with Gasteiger partial charge in [-0.05, 0) is 22.9 Å². The Morgan fingerprint density at radius 2 is 1.87 bits per heavy atom. The van der Waals surface area contributed by atoms with E-state index >= 15 is 0 Å². The Morgan fingerprint density at radius 1 is 1.04 bits per heavy atom. The lowest BCUT2D eigenvalue weighted by atomic mass is 10.2. The smallest absolute Gasteiger partial charge is 0.156 e. The molecule has 2 aromatic rings. The van der Waals surface area contributed by atoms with Crippen LogP contribution in [0.5, 0.6) is 0 Å². The van der Waals surface area contributed by atoms with Gasteiger partial charge in [-0.3, -0.25) is 0 Å². The van der Waals surface area contributed by atoms with Crippen molar-refractivity contribution in [3.8, 4) is 0 Å². The molecule has 1 atom stereocenters. The highest BCUT2D eigenvalue weighted by molar-refractivity contribution is 8.09. The quantitative estimate of drug-likeness (QED) is 0.593. The summed E-state index contributed by atoms with van der Waals surface area (Å²) >= 11 is 5.35. The molecule has 0 amide bonds. The van der Waals surface area contributed by atoms with Gasteiger partial charge in [0.25, 0.3) is 0 Å². The standard InChI is InChI=1S/C17H20O3S3/c1-18-8-9-19-10-11-20-17(16-5-3-13-22-16)7-6-15(23-17)14-4-2-12-21-14/h2-6,12-13H,7-11H2,1H3. The molecule has 0 spiro atoms. The van der Waals surface area contributed by atoms with E-state index in [1.807, 2.05) is 11.8 Å². The normalized spacial score (nSPS) is 20.8. The molecule has 1 aliphatic rings. The van der Waals surface area contributed by atoms with Gasteiger partial charge in [-0.15, -0.1) is 22.7 Å². The second-order valence-electron chi connectivity index (χ2n) is 5.04. The third kappa shape index (κ3) is 4.26. The zero-order valence-corrected chi connectivity index (χ0v) is 15.5. The molecule has 124 valence electrons. The van der Waals surface area contributed by atoms with E-state index in [1.54, 1.807) is 29.8 Å². The first-order chi connectivity index (χ1) is 11.3. The van der Waals surface area contributed by atoms with Crippen molar-refractivity contribution < 1.29 is 14.2 Å². The van der Waals surface area contributed by atoms with Crippen LogP contribution >= 0.6 is 34.4 Å². The molecule has 0 aliphatic carbocycles. The van der Waals surface area contributed by atoms with E-state index in [-0.39, 0.29) is 4.93 Å². The third-order valence-electron chi connectivity index (χ3n) is 3.49. The zero-order chi connectivity index (χ0) is 16.0. The number of hydrogen-bond donors (Lipinski definition) is 0. The van der Waals surface area contributed by atoms with E-state index in [4.69, 9.17) is 14.2 Å². The molecule has 3 nitrogen and oxygen atoms in total. The topological polar surface area (TPSA) is 27.7 Å². The van der Waals surface area contributed by atoms with E-state index in [9.17, 15) is 0 Å². The van der Waals surface area contributed by atoms with E-state index in [0.29, 0.717) is 26.4 Å². The van der Waals surface area contributed by atoms with E-state index in [1.165, 1.54) is 14.7 Å². The molecule has 0 saturated carbocycles. The number of thiophene rings is 2. The van der Waals surface area contributed by atoms with Crippen LogP contribution in [0.4, 0.5) is 0 Å². The highest BCUT2D eigenvalue weighted by Gasteiger charge is 2.40. The SMILES string of the molecule is COCCOCCOC1(c2cccs2)CC=C(c2cccs2)S1. The lowest BCUT2D eigenvalue weighted by Crippen LogP contribution is -2.24. The molecule has 6 heteroatoms. The van der Waals surface area contributed by atoms with E-state index in [2.05, 4.69) is 41.1 Å². The van der Waals surface area contributed by atoms with E-state index < -0.39 is 0 Å². The van der Waals surface area contributed by atoms with Gasteiger partial charge < -0.3 is 14.2 Å². The van der Waals surface area contributed by atoms with Crippen molar-refractivity contribution in [2.45, 2.75) is 11.4 Å². The Morgan fingerprint density at radius 3 is 2.61 bits per heavy atom. The molecule has 3 heterocycles. The molecular formula is C17H20O3S3. The van der Waals surface area contributed by atoms with Gasteiger partial charge in [-0.2, -0.15) is 0 Å². The summed E-state index contributed by atoms with van der Waals surface area (Å²) in [5.41, 5.74) is 0. The fraction of sp³-hybridized carbons (Fsp3) is 0.412. The highest BCUT2D eigenvalue weighted by atomic mass is 32.2. The lowest BCUT2D eigenvalue weighted by molar-refractivity contribution is -0.0202. The number of ether oxygens (including phenoxy) is 3. The summed E-state index contributed by atoms with van der Waals surface area (Å²) in [4.78, 5) is 3.59. The summed E-state index contributed by atoms with van der Waals surface area (Å²) < 4.78 is 16.8. The Kier molecular flexibility index (Phi) is 6.33. The maximum Gasteiger partial charge on any atom is 0.156 e. The molecule has 0 N–H and O–H groups in total. The van der Waals surface area contributed by atoms with Gasteiger partial charge in [0, 0.05) is 28.2 Å². The summed E-state index contributed by atoms with van der Waals surface area (Å²) in [7, 11) is 1.68. The van der Waals surface area contributed by atoms with Crippen molar-refractivity contribution in [1.29, 1.82) is 0 Å². The van der Waals surface area contributed by atoms with Crippen molar-refractivity contribution in [3.05, 3.63) is 50.9 Å². The van der Waals surface area contributed by atoms with Crippen molar-refractivity contribution in [3.63, 3.8) is 0 Å². The first-order valence-electron chi connectivity index (χ1n) is 7.52. The first kappa shape index (κ1) is 17.2. The molecule has 1 aliphatic heterocycles. The summed E-state index contributed by atoms with van der Waals surface area (Å²) in [5, 5.41) is 4.23. The predicted molar refractivity (Wildman–Crippen MR) is 99.1 cm³/mol. The fourth-order valence-electron chi connectivity index (χ4n) is 2.37. The van der Waals surface area contributed by atoms with Crippen molar-refractivity contribution >= 4 is 39.3 Å². The average Bonchev–Trinajstić information content (AvgIpc) is 3.32. The van der Waals surface area contributed by atoms with Crippen LogP contribution in [0.2, 0.25) is 0 Å². The largest absolute Gasteiger partial charge is 0.382 e. The van der Waals surface area contributed by atoms with Crippen molar-refractivity contribution in [2.75, 3.05) is 33.5 Å². The molecule has 0 bridgehead atoms. The summed E-state index contributed by atoms with van der Waals surface area (Å²) in [6.45, 7) is 2.40. The van der Waals surface area contributed by atoms with Crippen molar-refractivity contribution in [2.24, 2.45) is 0 Å². The molecule has 1 unspecified atom stereocenters. The average molecular weight is 369 g/mol. The lowest BCUT2D eigenvalue weighted by Gasteiger charge is -2.28. The fourth-order valence-corrected chi connectivity index (χ4v) is 5.52. The minimum absolute atomic E-state index is 0.307. The number of rotatable bonds is 9. The van der Waals surface area contributed by atoms with Gasteiger partial charge in [0.1, 0.15) is 0 Å². The Hall–Kier alpha value is -0.630. The highest BCUT2D eigenvalue weighted by Crippen LogP contribution is 2.55. The monoisotopic (exact) mass is 368 g/mol. The minimum Gasteiger partial charge on any atom is -0.382 e. The minimum atomic E-state index is -0.307. The number of hydrogen-bond acceptors (Lipinski definition) is 6. The maximum absolute atomic E-state index is 6.30. The van der Waals surface area contributed by atoms with Crippen LogP contribution < -0.4 is 0 Å². The van der Waals surface area contributed by atoms with Gasteiger partial charge in [0.2, 0.25) is 0 Å². The van der Waals surface area contributed by atoms with Gasteiger partial charge in [0.15, 0.2) is 4.93 Å². The molecule has 0 radical (unpaired) electrons. The Balaban J connectivity index is 1.61. The molecule has 0 fully saturated rings. The van der Waals surface area contributed by atoms with Crippen LogP contribution in [0, 0.1) is 0 Å². The zero-order valence-electron chi connectivity index (χ0n) is 13.0. The number of methoxy groups -OCH3 is 1. The molecule has 2 aromatic heterocycles. The molecule has 23 heavy (non-hydrogen) atoms. The molecular weight excluding hydrogens is 348 g/mol. The van der Waals surface area contributed by atoms with Gasteiger partial charge >= 0.3 is 0 Å². The van der Waals surface area contributed by atoms with Crippen LogP contribution in [0.15, 0.2) is 41.1 Å². The van der Waals surface area contributed by atoms with Crippen LogP contribution in [0.25, 0.3) is 4.91 Å². The van der Waals surface area contributed by atoms with Crippen molar-refractivity contribution in [1.82, 2.24) is 0 Å². The Labute approximate surface area is 149 Å². The van der Waals surface area contributed by atoms with Gasteiger partial charge in [0.05, 0.1) is 26.4 Å². The Bertz CT molecular complexity index is 607.